The van der Waals surface area contributed by atoms with Gasteiger partial charge in [-0.25, -0.2) is 18.1 Å². The number of piperidine rings is 1. The Morgan fingerprint density at radius 1 is 1.43 bits per heavy atom. The van der Waals surface area contributed by atoms with E-state index in [1.165, 1.54) is 10.5 Å². The fourth-order valence-corrected chi connectivity index (χ4v) is 3.40. The maximum absolute atomic E-state index is 12.1. The van der Waals surface area contributed by atoms with Gasteiger partial charge in [0.15, 0.2) is 0 Å². The van der Waals surface area contributed by atoms with Crippen molar-refractivity contribution in [1.82, 2.24) is 9.73 Å². The maximum Gasteiger partial charge on any atom is 0.244 e. The molecule has 0 saturated carbocycles. The van der Waals surface area contributed by atoms with Gasteiger partial charge in [-0.3, -0.25) is 4.79 Å². The summed E-state index contributed by atoms with van der Waals surface area (Å²) >= 11 is 0. The van der Waals surface area contributed by atoms with E-state index in [4.69, 9.17) is 4.74 Å². The topological polar surface area (TPSA) is 88.1 Å². The number of hydrogen-bond acceptors (Lipinski definition) is 5. The van der Waals surface area contributed by atoms with Crippen LogP contribution in [0.1, 0.15) is 18.4 Å². The molecule has 1 N–H and O–H groups in total. The number of nitrogens with zero attached hydrogens (tertiary/aromatic N) is 2. The third kappa shape index (κ3) is 4.77. The van der Waals surface area contributed by atoms with Crippen LogP contribution in [0.5, 0.6) is 5.75 Å². The standard InChI is InChI=1S/C15H21N3O4S/c1-22-14-8-4-3-6-12(14)10-16-17-15(19)13-7-5-9-18(11-13)23(2,20)21/h3-4,6,8,10,13H,5,7,9,11H2,1-2H3,(H,17,19). The molecule has 1 aromatic carbocycles. The molecule has 1 aliphatic heterocycles. The summed E-state index contributed by atoms with van der Waals surface area (Å²) in [5, 5.41) is 3.94. The highest BCUT2D eigenvalue weighted by molar-refractivity contribution is 7.88. The fourth-order valence-electron chi connectivity index (χ4n) is 2.49. The van der Waals surface area contributed by atoms with Gasteiger partial charge in [-0.1, -0.05) is 12.1 Å². The first-order chi connectivity index (χ1) is 10.9. The second-order valence-corrected chi connectivity index (χ2v) is 7.42. The number of amides is 1. The molecule has 23 heavy (non-hydrogen) atoms. The van der Waals surface area contributed by atoms with Crippen molar-refractivity contribution in [3.05, 3.63) is 29.8 Å². The van der Waals surface area contributed by atoms with Crippen LogP contribution in [0.3, 0.4) is 0 Å². The molecule has 1 aliphatic rings. The lowest BCUT2D eigenvalue weighted by atomic mass is 9.99. The Hall–Kier alpha value is -1.93. The molecule has 1 fully saturated rings. The van der Waals surface area contributed by atoms with Gasteiger partial charge in [0.1, 0.15) is 5.75 Å². The van der Waals surface area contributed by atoms with Crippen molar-refractivity contribution in [2.75, 3.05) is 26.5 Å². The predicted octanol–water partition coefficient (Wildman–Crippen LogP) is 0.817. The van der Waals surface area contributed by atoms with E-state index in [1.807, 2.05) is 18.2 Å². The molecule has 7 nitrogen and oxygen atoms in total. The number of para-hydroxylation sites is 1. The minimum Gasteiger partial charge on any atom is -0.496 e. The second-order valence-electron chi connectivity index (χ2n) is 5.44. The highest BCUT2D eigenvalue weighted by Crippen LogP contribution is 2.19. The van der Waals surface area contributed by atoms with Crippen LogP contribution in [0, 0.1) is 5.92 Å². The molecule has 8 heteroatoms. The number of hydrazone groups is 1. The number of sulfonamides is 1. The molecule has 1 unspecified atom stereocenters. The Morgan fingerprint density at radius 2 is 2.17 bits per heavy atom. The first kappa shape index (κ1) is 17.4. The summed E-state index contributed by atoms with van der Waals surface area (Å²) in [7, 11) is -1.70. The van der Waals surface area contributed by atoms with Crippen LogP contribution in [0.2, 0.25) is 0 Å². The van der Waals surface area contributed by atoms with Gasteiger partial charge in [0.2, 0.25) is 15.9 Å². The lowest BCUT2D eigenvalue weighted by Crippen LogP contribution is -2.44. The van der Waals surface area contributed by atoms with Crippen LogP contribution in [0.4, 0.5) is 0 Å². The number of methoxy groups -OCH3 is 1. The summed E-state index contributed by atoms with van der Waals surface area (Å²) in [6.07, 6.45) is 3.99. The zero-order valence-corrected chi connectivity index (χ0v) is 14.0. The van der Waals surface area contributed by atoms with Crippen molar-refractivity contribution in [2.45, 2.75) is 12.8 Å². The molecule has 1 amide bonds. The Labute approximate surface area is 136 Å². The molecule has 1 heterocycles. The zero-order chi connectivity index (χ0) is 16.9. The van der Waals surface area contributed by atoms with E-state index in [1.54, 1.807) is 13.2 Å². The van der Waals surface area contributed by atoms with E-state index in [-0.39, 0.29) is 18.4 Å². The molecule has 2 rings (SSSR count). The number of rotatable bonds is 5. The molecule has 0 aliphatic carbocycles. The molecular weight excluding hydrogens is 318 g/mol. The maximum atomic E-state index is 12.1. The summed E-state index contributed by atoms with van der Waals surface area (Å²) in [4.78, 5) is 12.1. The van der Waals surface area contributed by atoms with Gasteiger partial charge in [0.25, 0.3) is 0 Å². The molecule has 0 spiro atoms. The molecule has 0 bridgehead atoms. The number of hydrogen-bond donors (Lipinski definition) is 1. The normalized spacial score (nSPS) is 19.7. The molecule has 0 aromatic heterocycles. The summed E-state index contributed by atoms with van der Waals surface area (Å²) in [6.45, 7) is 0.669. The van der Waals surface area contributed by atoms with Crippen molar-refractivity contribution in [2.24, 2.45) is 11.0 Å². The quantitative estimate of drug-likeness (QED) is 0.635. The van der Waals surface area contributed by atoms with Gasteiger partial charge in [0.05, 0.1) is 25.5 Å². The van der Waals surface area contributed by atoms with E-state index >= 15 is 0 Å². The van der Waals surface area contributed by atoms with E-state index in [0.29, 0.717) is 25.1 Å². The third-order valence-corrected chi connectivity index (χ3v) is 5.01. The van der Waals surface area contributed by atoms with Crippen LogP contribution in [-0.2, 0) is 14.8 Å². The highest BCUT2D eigenvalue weighted by atomic mass is 32.2. The lowest BCUT2D eigenvalue weighted by molar-refractivity contribution is -0.126. The van der Waals surface area contributed by atoms with E-state index in [0.717, 1.165) is 11.8 Å². The van der Waals surface area contributed by atoms with Gasteiger partial charge in [-0.05, 0) is 25.0 Å². The van der Waals surface area contributed by atoms with Gasteiger partial charge in [-0.2, -0.15) is 5.10 Å². The first-order valence-corrected chi connectivity index (χ1v) is 9.17. The minimum absolute atomic E-state index is 0.203. The van der Waals surface area contributed by atoms with E-state index in [9.17, 15) is 13.2 Å². The predicted molar refractivity (Wildman–Crippen MR) is 87.9 cm³/mol. The largest absolute Gasteiger partial charge is 0.496 e. The average Bonchev–Trinajstić information content (AvgIpc) is 2.54. The van der Waals surface area contributed by atoms with Crippen molar-refractivity contribution in [3.63, 3.8) is 0 Å². The number of ether oxygens (including phenoxy) is 1. The van der Waals surface area contributed by atoms with E-state index < -0.39 is 10.0 Å². The molecule has 1 aromatic rings. The lowest BCUT2D eigenvalue weighted by Gasteiger charge is -2.29. The molecule has 0 radical (unpaired) electrons. The van der Waals surface area contributed by atoms with Crippen molar-refractivity contribution in [1.29, 1.82) is 0 Å². The number of nitrogens with one attached hydrogen (secondary N) is 1. The third-order valence-electron chi connectivity index (χ3n) is 3.74. The molecular formula is C15H21N3O4S. The smallest absolute Gasteiger partial charge is 0.244 e. The summed E-state index contributed by atoms with van der Waals surface area (Å²) in [5.41, 5.74) is 3.22. The zero-order valence-electron chi connectivity index (χ0n) is 13.2. The van der Waals surface area contributed by atoms with Gasteiger partial charge >= 0.3 is 0 Å². The van der Waals surface area contributed by atoms with E-state index in [2.05, 4.69) is 10.5 Å². The minimum atomic E-state index is -3.27. The monoisotopic (exact) mass is 339 g/mol. The average molecular weight is 339 g/mol. The van der Waals surface area contributed by atoms with Gasteiger partial charge in [-0.15, -0.1) is 0 Å². The van der Waals surface area contributed by atoms with Crippen LogP contribution in [-0.4, -0.2) is 51.3 Å². The van der Waals surface area contributed by atoms with Crippen molar-refractivity contribution >= 4 is 22.1 Å². The number of benzene rings is 1. The fraction of sp³-hybridized carbons (Fsp3) is 0.467. The Morgan fingerprint density at radius 3 is 2.87 bits per heavy atom. The summed E-state index contributed by atoms with van der Waals surface area (Å²) in [5.74, 6) is 0.00390. The number of carbonyl (C=O) groups excluding carboxylic acids is 1. The summed E-state index contributed by atoms with van der Waals surface area (Å²) in [6, 6.07) is 7.31. The summed E-state index contributed by atoms with van der Waals surface area (Å²) < 4.78 is 29.7. The Balaban J connectivity index is 1.95. The van der Waals surface area contributed by atoms with Crippen molar-refractivity contribution < 1.29 is 17.9 Å². The Kier molecular flexibility index (Phi) is 5.73. The second kappa shape index (κ2) is 7.56. The van der Waals surface area contributed by atoms with Crippen molar-refractivity contribution in [3.8, 4) is 5.75 Å². The van der Waals surface area contributed by atoms with Crippen LogP contribution in [0.15, 0.2) is 29.4 Å². The SMILES string of the molecule is COc1ccccc1C=NNC(=O)C1CCCN(S(C)(=O)=O)C1. The Bertz CT molecular complexity index is 688. The van der Waals surface area contributed by atoms with Gasteiger partial charge in [0, 0.05) is 18.7 Å². The van der Waals surface area contributed by atoms with Crippen LogP contribution in [0.25, 0.3) is 0 Å². The number of carbonyl (C=O) groups is 1. The molecule has 126 valence electrons. The molecule has 1 saturated heterocycles. The molecule has 1 atom stereocenters. The van der Waals surface area contributed by atoms with Crippen LogP contribution >= 0.6 is 0 Å². The van der Waals surface area contributed by atoms with Crippen LogP contribution < -0.4 is 10.2 Å². The van der Waals surface area contributed by atoms with Gasteiger partial charge < -0.3 is 4.74 Å². The first-order valence-electron chi connectivity index (χ1n) is 7.33. The highest BCUT2D eigenvalue weighted by Gasteiger charge is 2.29.